The Kier molecular flexibility index (Phi) is 3.37. The molecule has 0 radical (unpaired) electrons. The molecule has 5 nitrogen and oxygen atoms in total. The Morgan fingerprint density at radius 2 is 2.13 bits per heavy atom. The summed E-state index contributed by atoms with van der Waals surface area (Å²) in [4.78, 5) is 10.6. The highest BCUT2D eigenvalue weighted by molar-refractivity contribution is 9.10. The number of nitrogens with zero attached hydrogens (tertiary/aromatic N) is 3. The number of anilines is 2. The average Bonchev–Trinajstić information content (AvgIpc) is 2.30. The molecule has 0 aliphatic carbocycles. The lowest BCUT2D eigenvalue weighted by Gasteiger charge is -2.28. The molecular formula is C9H13BrN4O. The fourth-order valence-corrected chi connectivity index (χ4v) is 2.18. The molecule has 0 amide bonds. The predicted octanol–water partition coefficient (Wildman–Crippen LogP) is 1.12. The minimum absolute atomic E-state index is 0.755. The number of morpholine rings is 1. The SMILES string of the molecule is CNc1ncnc(N2CCOCC2)c1Br. The van der Waals surface area contributed by atoms with E-state index in [1.165, 1.54) is 0 Å². The lowest BCUT2D eigenvalue weighted by atomic mass is 10.4. The number of aromatic nitrogens is 2. The Bertz CT molecular complexity index is 341. The van der Waals surface area contributed by atoms with E-state index >= 15 is 0 Å². The van der Waals surface area contributed by atoms with Gasteiger partial charge in [0, 0.05) is 20.1 Å². The van der Waals surface area contributed by atoms with Crippen LogP contribution in [-0.2, 0) is 4.74 Å². The van der Waals surface area contributed by atoms with Crippen molar-refractivity contribution in [3.05, 3.63) is 10.8 Å². The summed E-state index contributed by atoms with van der Waals surface area (Å²) in [5.41, 5.74) is 0. The summed E-state index contributed by atoms with van der Waals surface area (Å²) in [5.74, 6) is 1.74. The van der Waals surface area contributed by atoms with E-state index < -0.39 is 0 Å². The molecule has 1 saturated heterocycles. The van der Waals surface area contributed by atoms with Crippen molar-refractivity contribution in [2.45, 2.75) is 0 Å². The van der Waals surface area contributed by atoms with E-state index in [2.05, 4.69) is 36.1 Å². The molecule has 2 rings (SSSR count). The van der Waals surface area contributed by atoms with Crippen molar-refractivity contribution in [1.82, 2.24) is 9.97 Å². The first-order valence-corrected chi connectivity index (χ1v) is 5.63. The maximum absolute atomic E-state index is 5.30. The van der Waals surface area contributed by atoms with Gasteiger partial charge in [-0.3, -0.25) is 0 Å². The van der Waals surface area contributed by atoms with Crippen molar-refractivity contribution in [3.8, 4) is 0 Å². The van der Waals surface area contributed by atoms with Crippen LogP contribution in [0.15, 0.2) is 10.8 Å². The number of ether oxygens (including phenoxy) is 1. The molecule has 1 fully saturated rings. The molecular weight excluding hydrogens is 260 g/mol. The molecule has 0 aromatic carbocycles. The summed E-state index contributed by atoms with van der Waals surface area (Å²) in [6, 6.07) is 0. The van der Waals surface area contributed by atoms with Gasteiger partial charge in [0.25, 0.3) is 0 Å². The lowest BCUT2D eigenvalue weighted by molar-refractivity contribution is 0.122. The van der Waals surface area contributed by atoms with E-state index in [-0.39, 0.29) is 0 Å². The molecule has 1 aliphatic heterocycles. The summed E-state index contributed by atoms with van der Waals surface area (Å²) >= 11 is 3.51. The molecule has 1 aliphatic rings. The van der Waals surface area contributed by atoms with Gasteiger partial charge in [-0.2, -0.15) is 0 Å². The molecule has 1 aromatic rings. The van der Waals surface area contributed by atoms with E-state index in [1.807, 2.05) is 7.05 Å². The van der Waals surface area contributed by atoms with Gasteiger partial charge in [0.1, 0.15) is 22.4 Å². The topological polar surface area (TPSA) is 50.3 Å². The van der Waals surface area contributed by atoms with Gasteiger partial charge in [-0.15, -0.1) is 0 Å². The highest BCUT2D eigenvalue weighted by Gasteiger charge is 2.17. The third-order valence-electron chi connectivity index (χ3n) is 2.32. The second-order valence-corrected chi connectivity index (χ2v) is 4.00. The first-order chi connectivity index (χ1) is 7.33. The van der Waals surface area contributed by atoms with Gasteiger partial charge in [0.05, 0.1) is 13.2 Å². The third kappa shape index (κ3) is 2.21. The number of nitrogens with one attached hydrogen (secondary N) is 1. The molecule has 1 aromatic heterocycles. The van der Waals surface area contributed by atoms with Crippen LogP contribution in [-0.4, -0.2) is 43.3 Å². The summed E-state index contributed by atoms with van der Waals surface area (Å²) in [7, 11) is 1.84. The van der Waals surface area contributed by atoms with Gasteiger partial charge in [-0.1, -0.05) is 0 Å². The largest absolute Gasteiger partial charge is 0.378 e. The molecule has 6 heteroatoms. The Labute approximate surface area is 97.0 Å². The fourth-order valence-electron chi connectivity index (χ4n) is 1.53. The van der Waals surface area contributed by atoms with Crippen molar-refractivity contribution in [2.75, 3.05) is 43.6 Å². The maximum Gasteiger partial charge on any atom is 0.148 e. The highest BCUT2D eigenvalue weighted by atomic mass is 79.9. The molecule has 0 saturated carbocycles. The number of halogens is 1. The first kappa shape index (κ1) is 10.6. The van der Waals surface area contributed by atoms with Crippen LogP contribution in [0.5, 0.6) is 0 Å². The third-order valence-corrected chi connectivity index (χ3v) is 3.05. The molecule has 0 atom stereocenters. The second kappa shape index (κ2) is 4.76. The predicted molar refractivity (Wildman–Crippen MR) is 62.3 cm³/mol. The second-order valence-electron chi connectivity index (χ2n) is 3.21. The Morgan fingerprint density at radius 1 is 1.40 bits per heavy atom. The van der Waals surface area contributed by atoms with Crippen LogP contribution in [0, 0.1) is 0 Å². The molecule has 2 heterocycles. The summed E-state index contributed by atoms with van der Waals surface area (Å²) < 4.78 is 6.21. The van der Waals surface area contributed by atoms with Crippen LogP contribution in [0.1, 0.15) is 0 Å². The lowest BCUT2D eigenvalue weighted by Crippen LogP contribution is -2.37. The minimum Gasteiger partial charge on any atom is -0.378 e. The minimum atomic E-state index is 0.755. The molecule has 0 spiro atoms. The number of hydrogen-bond donors (Lipinski definition) is 1. The van der Waals surface area contributed by atoms with Crippen molar-refractivity contribution >= 4 is 27.6 Å². The highest BCUT2D eigenvalue weighted by Crippen LogP contribution is 2.29. The van der Waals surface area contributed by atoms with Crippen LogP contribution < -0.4 is 10.2 Å². The Morgan fingerprint density at radius 3 is 2.80 bits per heavy atom. The van der Waals surface area contributed by atoms with Gasteiger partial charge in [-0.25, -0.2) is 9.97 Å². The number of rotatable bonds is 2. The standard InChI is InChI=1S/C9H13BrN4O/c1-11-8-7(10)9(13-6-12-8)14-2-4-15-5-3-14/h6H,2-5H2,1H3,(H,11,12,13). The van der Waals surface area contributed by atoms with Gasteiger partial charge < -0.3 is 15.0 Å². The molecule has 15 heavy (non-hydrogen) atoms. The van der Waals surface area contributed by atoms with Crippen molar-refractivity contribution in [3.63, 3.8) is 0 Å². The van der Waals surface area contributed by atoms with Gasteiger partial charge in [0.2, 0.25) is 0 Å². The normalized spacial score (nSPS) is 16.5. The van der Waals surface area contributed by atoms with E-state index in [0.29, 0.717) is 0 Å². The van der Waals surface area contributed by atoms with Crippen LogP contribution in [0.25, 0.3) is 0 Å². The number of hydrogen-bond acceptors (Lipinski definition) is 5. The molecule has 82 valence electrons. The molecule has 0 bridgehead atoms. The zero-order valence-corrected chi connectivity index (χ0v) is 10.1. The van der Waals surface area contributed by atoms with Crippen LogP contribution >= 0.6 is 15.9 Å². The van der Waals surface area contributed by atoms with Crippen LogP contribution in [0.2, 0.25) is 0 Å². The monoisotopic (exact) mass is 272 g/mol. The van der Waals surface area contributed by atoms with Crippen LogP contribution in [0.3, 0.4) is 0 Å². The van der Waals surface area contributed by atoms with Crippen LogP contribution in [0.4, 0.5) is 11.6 Å². The van der Waals surface area contributed by atoms with Crippen molar-refractivity contribution < 1.29 is 4.74 Å². The van der Waals surface area contributed by atoms with Gasteiger partial charge >= 0.3 is 0 Å². The Hall–Kier alpha value is -0.880. The summed E-state index contributed by atoms with van der Waals surface area (Å²) in [5, 5.41) is 3.02. The van der Waals surface area contributed by atoms with Crippen molar-refractivity contribution in [2.24, 2.45) is 0 Å². The maximum atomic E-state index is 5.30. The van der Waals surface area contributed by atoms with E-state index in [9.17, 15) is 0 Å². The fraction of sp³-hybridized carbons (Fsp3) is 0.556. The average molecular weight is 273 g/mol. The van der Waals surface area contributed by atoms with E-state index in [0.717, 1.165) is 42.4 Å². The summed E-state index contributed by atoms with van der Waals surface area (Å²) in [6.45, 7) is 3.26. The first-order valence-electron chi connectivity index (χ1n) is 4.84. The van der Waals surface area contributed by atoms with Crippen molar-refractivity contribution in [1.29, 1.82) is 0 Å². The zero-order valence-electron chi connectivity index (χ0n) is 8.53. The summed E-state index contributed by atoms with van der Waals surface area (Å²) in [6.07, 6.45) is 1.57. The molecule has 0 unspecified atom stereocenters. The van der Waals surface area contributed by atoms with E-state index in [4.69, 9.17) is 4.74 Å². The van der Waals surface area contributed by atoms with Gasteiger partial charge in [-0.05, 0) is 15.9 Å². The smallest absolute Gasteiger partial charge is 0.148 e. The zero-order chi connectivity index (χ0) is 10.7. The Balaban J connectivity index is 2.26. The van der Waals surface area contributed by atoms with E-state index in [1.54, 1.807) is 6.33 Å². The quantitative estimate of drug-likeness (QED) is 0.875. The molecule has 1 N–H and O–H groups in total. The van der Waals surface area contributed by atoms with Gasteiger partial charge in [0.15, 0.2) is 0 Å².